The lowest BCUT2D eigenvalue weighted by Crippen LogP contribution is -3.00. The van der Waals surface area contributed by atoms with Crippen LogP contribution in [0.5, 0.6) is 0 Å². The van der Waals surface area contributed by atoms with Crippen molar-refractivity contribution < 1.29 is 12.4 Å². The maximum atomic E-state index is 2.32. The first-order valence-electron chi connectivity index (χ1n) is 7.70. The molecule has 0 aliphatic heterocycles. The summed E-state index contributed by atoms with van der Waals surface area (Å²) in [5.74, 6) is 0. The summed E-state index contributed by atoms with van der Waals surface area (Å²) < 4.78 is 1.19. The Labute approximate surface area is 126 Å². The van der Waals surface area contributed by atoms with E-state index in [1.54, 1.807) is 0 Å². The summed E-state index contributed by atoms with van der Waals surface area (Å²) in [6.45, 7) is 10.8. The topological polar surface area (TPSA) is 0 Å². The molecule has 1 nitrogen and oxygen atoms in total. The Bertz CT molecular complexity index is 304. The van der Waals surface area contributed by atoms with Gasteiger partial charge in [0.05, 0.1) is 19.6 Å². The van der Waals surface area contributed by atoms with Gasteiger partial charge in [-0.05, 0) is 37.8 Å². The van der Waals surface area contributed by atoms with Crippen LogP contribution in [0.2, 0.25) is 0 Å². The van der Waals surface area contributed by atoms with Gasteiger partial charge in [0.1, 0.15) is 5.69 Å². The first-order valence-corrected chi connectivity index (χ1v) is 7.70. The van der Waals surface area contributed by atoms with Crippen molar-refractivity contribution in [2.45, 2.75) is 52.9 Å². The molecule has 2 heteroatoms. The smallest absolute Gasteiger partial charge is 0.132 e. The fourth-order valence-corrected chi connectivity index (χ4v) is 2.99. The minimum absolute atomic E-state index is 0. The van der Waals surface area contributed by atoms with E-state index < -0.39 is 0 Å². The largest absolute Gasteiger partial charge is 1.00 e. The molecule has 0 amide bonds. The molecule has 110 valence electrons. The van der Waals surface area contributed by atoms with Crippen molar-refractivity contribution in [2.24, 2.45) is 0 Å². The number of para-hydroxylation sites is 1. The highest BCUT2D eigenvalue weighted by molar-refractivity contribution is 5.42. The summed E-state index contributed by atoms with van der Waals surface area (Å²) in [5, 5.41) is 0. The van der Waals surface area contributed by atoms with Crippen molar-refractivity contribution in [3.63, 3.8) is 0 Å². The van der Waals surface area contributed by atoms with E-state index >= 15 is 0 Å². The Balaban J connectivity index is 0.00000324. The summed E-state index contributed by atoms with van der Waals surface area (Å²) in [4.78, 5) is 0. The SMILES string of the molecule is CCCCC[N+](CCC)(CCC)c1ccccc1.[Cl-]. The van der Waals surface area contributed by atoms with Crippen LogP contribution in [0.1, 0.15) is 52.9 Å². The van der Waals surface area contributed by atoms with Crippen LogP contribution in [0.25, 0.3) is 0 Å². The number of halogens is 1. The van der Waals surface area contributed by atoms with E-state index in [9.17, 15) is 0 Å². The van der Waals surface area contributed by atoms with Crippen molar-refractivity contribution in [1.82, 2.24) is 4.48 Å². The molecule has 0 bridgehead atoms. The van der Waals surface area contributed by atoms with Gasteiger partial charge in [0.2, 0.25) is 0 Å². The summed E-state index contributed by atoms with van der Waals surface area (Å²) in [6, 6.07) is 11.1. The number of rotatable bonds is 9. The second kappa shape index (κ2) is 10.3. The lowest BCUT2D eigenvalue weighted by Gasteiger charge is -2.38. The van der Waals surface area contributed by atoms with E-state index in [1.165, 1.54) is 61.9 Å². The Hall–Kier alpha value is -0.530. The lowest BCUT2D eigenvalue weighted by atomic mass is 10.1. The molecule has 1 rings (SSSR count). The quantitative estimate of drug-likeness (QED) is 0.480. The predicted molar refractivity (Wildman–Crippen MR) is 82.9 cm³/mol. The highest BCUT2D eigenvalue weighted by Crippen LogP contribution is 2.25. The molecule has 0 saturated heterocycles. The van der Waals surface area contributed by atoms with E-state index in [4.69, 9.17) is 0 Å². The van der Waals surface area contributed by atoms with Crippen molar-refractivity contribution >= 4 is 5.69 Å². The normalized spacial score (nSPS) is 11.1. The van der Waals surface area contributed by atoms with Gasteiger partial charge in [0.15, 0.2) is 0 Å². The fourth-order valence-electron chi connectivity index (χ4n) is 2.99. The van der Waals surface area contributed by atoms with Gasteiger partial charge in [0, 0.05) is 0 Å². The molecule has 0 aliphatic carbocycles. The van der Waals surface area contributed by atoms with Crippen molar-refractivity contribution in [3.05, 3.63) is 30.3 Å². The van der Waals surface area contributed by atoms with Crippen LogP contribution in [0.4, 0.5) is 5.69 Å². The zero-order valence-electron chi connectivity index (χ0n) is 12.9. The maximum absolute atomic E-state index is 2.32. The molecule has 0 N–H and O–H groups in total. The standard InChI is InChI=1S/C17H30N.ClH/c1-4-7-11-16-18(14-5-2,15-6-3)17-12-9-8-10-13-17;/h8-10,12-13H,4-7,11,14-16H2,1-3H3;1H/q+1;/p-1. The number of unbranched alkanes of at least 4 members (excludes halogenated alkanes) is 2. The van der Waals surface area contributed by atoms with Crippen LogP contribution in [-0.2, 0) is 0 Å². The molecule has 0 fully saturated rings. The molecule has 0 radical (unpaired) electrons. The van der Waals surface area contributed by atoms with Gasteiger partial charge in [-0.25, -0.2) is 0 Å². The zero-order valence-corrected chi connectivity index (χ0v) is 13.6. The third-order valence-corrected chi connectivity index (χ3v) is 3.80. The van der Waals surface area contributed by atoms with E-state index in [-0.39, 0.29) is 12.4 Å². The highest BCUT2D eigenvalue weighted by atomic mass is 35.5. The summed E-state index contributed by atoms with van der Waals surface area (Å²) in [5.41, 5.74) is 1.51. The minimum Gasteiger partial charge on any atom is -1.00 e. The van der Waals surface area contributed by atoms with Crippen molar-refractivity contribution in [1.29, 1.82) is 0 Å². The van der Waals surface area contributed by atoms with Gasteiger partial charge in [-0.3, -0.25) is 4.48 Å². The Morgan fingerprint density at radius 2 is 1.32 bits per heavy atom. The molecule has 0 aliphatic rings. The van der Waals surface area contributed by atoms with Crippen LogP contribution in [0.3, 0.4) is 0 Å². The number of benzene rings is 1. The van der Waals surface area contributed by atoms with Gasteiger partial charge in [-0.2, -0.15) is 0 Å². The molecule has 0 spiro atoms. The van der Waals surface area contributed by atoms with Gasteiger partial charge < -0.3 is 12.4 Å². The minimum atomic E-state index is 0. The van der Waals surface area contributed by atoms with Gasteiger partial charge in [-0.15, -0.1) is 0 Å². The second-order valence-corrected chi connectivity index (χ2v) is 5.36. The number of hydrogen-bond acceptors (Lipinski definition) is 0. The molecular weight excluding hydrogens is 254 g/mol. The molecule has 0 heterocycles. The monoisotopic (exact) mass is 283 g/mol. The average Bonchev–Trinajstić information content (AvgIpc) is 2.40. The summed E-state index contributed by atoms with van der Waals surface area (Å²) >= 11 is 0. The highest BCUT2D eigenvalue weighted by Gasteiger charge is 2.27. The van der Waals surface area contributed by atoms with Gasteiger partial charge in [0.25, 0.3) is 0 Å². The molecule has 0 saturated carbocycles. The zero-order chi connectivity index (χ0) is 13.3. The lowest BCUT2D eigenvalue weighted by molar-refractivity contribution is -0.00000401. The third kappa shape index (κ3) is 5.54. The second-order valence-electron chi connectivity index (χ2n) is 5.36. The Morgan fingerprint density at radius 3 is 1.79 bits per heavy atom. The van der Waals surface area contributed by atoms with Crippen LogP contribution >= 0.6 is 0 Å². The van der Waals surface area contributed by atoms with Crippen LogP contribution in [0.15, 0.2) is 30.3 Å². The van der Waals surface area contributed by atoms with Crippen LogP contribution < -0.4 is 16.9 Å². The summed E-state index contributed by atoms with van der Waals surface area (Å²) in [6.07, 6.45) is 6.56. The van der Waals surface area contributed by atoms with Crippen molar-refractivity contribution in [2.75, 3.05) is 19.6 Å². The van der Waals surface area contributed by atoms with Gasteiger partial charge >= 0.3 is 0 Å². The fraction of sp³-hybridized carbons (Fsp3) is 0.647. The van der Waals surface area contributed by atoms with Crippen LogP contribution in [0, 0.1) is 0 Å². The molecular formula is C17H30ClN. The molecule has 1 aromatic rings. The predicted octanol–water partition coefficient (Wildman–Crippen LogP) is 2.01. The van der Waals surface area contributed by atoms with E-state index in [0.717, 1.165) is 0 Å². The van der Waals surface area contributed by atoms with E-state index in [0.29, 0.717) is 0 Å². The molecule has 0 aromatic heterocycles. The average molecular weight is 284 g/mol. The first-order chi connectivity index (χ1) is 8.79. The number of nitrogens with zero attached hydrogens (tertiary/aromatic N) is 1. The number of hydrogen-bond donors (Lipinski definition) is 0. The van der Waals surface area contributed by atoms with E-state index in [2.05, 4.69) is 51.1 Å². The summed E-state index contributed by atoms with van der Waals surface area (Å²) in [7, 11) is 0. The first kappa shape index (κ1) is 18.5. The van der Waals surface area contributed by atoms with Gasteiger partial charge in [-0.1, -0.05) is 45.4 Å². The Kier molecular flexibility index (Phi) is 9.99. The maximum Gasteiger partial charge on any atom is 0.132 e. The van der Waals surface area contributed by atoms with Crippen LogP contribution in [-0.4, -0.2) is 19.6 Å². The Morgan fingerprint density at radius 1 is 0.737 bits per heavy atom. The van der Waals surface area contributed by atoms with Crippen molar-refractivity contribution in [3.8, 4) is 0 Å². The molecule has 1 aromatic carbocycles. The molecule has 19 heavy (non-hydrogen) atoms. The third-order valence-electron chi connectivity index (χ3n) is 3.80. The molecule has 0 unspecified atom stereocenters. The number of quaternary nitrogens is 1. The molecule has 0 atom stereocenters. The van der Waals surface area contributed by atoms with E-state index in [1.807, 2.05) is 0 Å².